The Hall–Kier alpha value is -1.15. The predicted molar refractivity (Wildman–Crippen MR) is 110 cm³/mol. The minimum absolute atomic E-state index is 0. The van der Waals surface area contributed by atoms with Gasteiger partial charge in [0.25, 0.3) is 0 Å². The Labute approximate surface area is 159 Å². The zero-order chi connectivity index (χ0) is 15.8. The number of aryl methyl sites for hydroxylation is 2. The van der Waals surface area contributed by atoms with Gasteiger partial charge in [-0.25, -0.2) is 9.98 Å². The summed E-state index contributed by atoms with van der Waals surface area (Å²) in [6, 6.07) is 8.49. The molecule has 23 heavy (non-hydrogen) atoms. The highest BCUT2D eigenvalue weighted by Gasteiger charge is 2.00. The van der Waals surface area contributed by atoms with Gasteiger partial charge in [0.05, 0.1) is 17.2 Å². The van der Waals surface area contributed by atoms with Crippen LogP contribution in [0.3, 0.4) is 0 Å². The van der Waals surface area contributed by atoms with Crippen LogP contribution >= 0.6 is 35.3 Å². The number of nitrogens with one attached hydrogen (secondary N) is 2. The van der Waals surface area contributed by atoms with Crippen molar-refractivity contribution in [3.05, 3.63) is 51.5 Å². The molecule has 0 saturated heterocycles. The van der Waals surface area contributed by atoms with Gasteiger partial charge in [-0.1, -0.05) is 29.8 Å². The number of hydrogen-bond acceptors (Lipinski definition) is 3. The number of benzene rings is 1. The van der Waals surface area contributed by atoms with Crippen LogP contribution in [0.25, 0.3) is 0 Å². The molecule has 1 aromatic heterocycles. The van der Waals surface area contributed by atoms with Gasteiger partial charge in [0.15, 0.2) is 5.96 Å². The first-order chi connectivity index (χ1) is 10.7. The first-order valence-electron chi connectivity index (χ1n) is 7.66. The number of rotatable bonds is 6. The summed E-state index contributed by atoms with van der Waals surface area (Å²) in [5, 5.41) is 9.88. The molecule has 1 aromatic carbocycles. The lowest BCUT2D eigenvalue weighted by atomic mass is 10.1. The molecule has 126 valence electrons. The molecule has 0 aliphatic rings. The maximum Gasteiger partial charge on any atom is 0.191 e. The van der Waals surface area contributed by atoms with Crippen molar-refractivity contribution in [1.29, 1.82) is 0 Å². The van der Waals surface area contributed by atoms with Crippen molar-refractivity contribution in [2.75, 3.05) is 13.1 Å². The lowest BCUT2D eigenvalue weighted by Crippen LogP contribution is -2.38. The van der Waals surface area contributed by atoms with Crippen LogP contribution in [0.1, 0.15) is 28.8 Å². The third kappa shape index (κ3) is 7.30. The highest BCUT2D eigenvalue weighted by Crippen LogP contribution is 2.08. The Bertz CT molecular complexity index is 607. The van der Waals surface area contributed by atoms with Crippen LogP contribution in [0.5, 0.6) is 0 Å². The number of halogens is 1. The number of aliphatic imine (C=N–C) groups is 1. The van der Waals surface area contributed by atoms with E-state index in [9.17, 15) is 0 Å². The number of guanidine groups is 1. The Morgan fingerprint density at radius 2 is 1.91 bits per heavy atom. The molecule has 2 rings (SSSR count). The van der Waals surface area contributed by atoms with Gasteiger partial charge < -0.3 is 10.6 Å². The average molecular weight is 444 g/mol. The highest BCUT2D eigenvalue weighted by molar-refractivity contribution is 14.0. The van der Waals surface area contributed by atoms with Crippen LogP contribution in [0.4, 0.5) is 0 Å². The summed E-state index contributed by atoms with van der Waals surface area (Å²) >= 11 is 1.70. The van der Waals surface area contributed by atoms with Crippen molar-refractivity contribution in [3.8, 4) is 0 Å². The summed E-state index contributed by atoms with van der Waals surface area (Å²) in [5.41, 5.74) is 3.64. The molecule has 0 saturated carbocycles. The number of thiazole rings is 1. The quantitative estimate of drug-likeness (QED) is 0.406. The van der Waals surface area contributed by atoms with Crippen molar-refractivity contribution in [2.45, 2.75) is 33.7 Å². The largest absolute Gasteiger partial charge is 0.357 e. The molecule has 6 heteroatoms. The monoisotopic (exact) mass is 444 g/mol. The number of hydrogen-bond donors (Lipinski definition) is 2. The molecule has 4 nitrogen and oxygen atoms in total. The summed E-state index contributed by atoms with van der Waals surface area (Å²) in [6.07, 6.45) is 0.916. The van der Waals surface area contributed by atoms with Crippen molar-refractivity contribution >= 4 is 41.3 Å². The molecule has 0 amide bonds. The molecular formula is C17H25IN4S. The van der Waals surface area contributed by atoms with E-state index in [4.69, 9.17) is 0 Å². The fourth-order valence-corrected chi connectivity index (χ4v) is 2.68. The molecule has 0 aliphatic heterocycles. The zero-order valence-corrected chi connectivity index (χ0v) is 17.1. The van der Waals surface area contributed by atoms with Crippen molar-refractivity contribution < 1.29 is 0 Å². The molecule has 0 unspecified atom stereocenters. The minimum Gasteiger partial charge on any atom is -0.357 e. The van der Waals surface area contributed by atoms with Crippen molar-refractivity contribution in [3.63, 3.8) is 0 Å². The van der Waals surface area contributed by atoms with Gasteiger partial charge in [-0.15, -0.1) is 35.3 Å². The molecule has 2 N–H and O–H groups in total. The standard InChI is InChI=1S/C17H24N4S.HI/c1-4-18-17(19-10-9-16-12-22-14(3)21-16)20-11-15-7-5-13(2)6-8-15;/h5-8,12H,4,9-11H2,1-3H3,(H2,18,19,20);1H. The molecule has 0 aliphatic carbocycles. The van der Waals surface area contributed by atoms with E-state index in [-0.39, 0.29) is 24.0 Å². The van der Waals surface area contributed by atoms with Crippen LogP contribution in [0.2, 0.25) is 0 Å². The second kappa shape index (κ2) is 10.6. The number of nitrogens with zero attached hydrogens (tertiary/aromatic N) is 2. The van der Waals surface area contributed by atoms with E-state index < -0.39 is 0 Å². The third-order valence-corrected chi connectivity index (χ3v) is 4.05. The maximum atomic E-state index is 4.63. The zero-order valence-electron chi connectivity index (χ0n) is 13.9. The van der Waals surface area contributed by atoms with E-state index in [1.807, 2.05) is 6.92 Å². The Kier molecular flexibility index (Phi) is 9.16. The summed E-state index contributed by atoms with van der Waals surface area (Å²) in [6.45, 7) is 8.59. The topological polar surface area (TPSA) is 49.3 Å². The summed E-state index contributed by atoms with van der Waals surface area (Å²) < 4.78 is 0. The summed E-state index contributed by atoms with van der Waals surface area (Å²) in [7, 11) is 0. The van der Waals surface area contributed by atoms with E-state index in [1.54, 1.807) is 11.3 Å². The van der Waals surface area contributed by atoms with Gasteiger partial charge in [-0.2, -0.15) is 0 Å². The summed E-state index contributed by atoms with van der Waals surface area (Å²) in [5.74, 6) is 0.857. The molecule has 2 aromatic rings. The second-order valence-electron chi connectivity index (χ2n) is 5.22. The average Bonchev–Trinajstić information content (AvgIpc) is 2.92. The SMILES string of the molecule is CCNC(=NCc1ccc(C)cc1)NCCc1csc(C)n1.I. The van der Waals surface area contributed by atoms with Gasteiger partial charge >= 0.3 is 0 Å². The van der Waals surface area contributed by atoms with Gasteiger partial charge in [0.2, 0.25) is 0 Å². The molecule has 1 heterocycles. The molecule has 0 spiro atoms. The first-order valence-corrected chi connectivity index (χ1v) is 8.54. The Balaban J connectivity index is 0.00000264. The molecule has 0 radical (unpaired) electrons. The van der Waals surface area contributed by atoms with Gasteiger partial charge in [-0.3, -0.25) is 0 Å². The highest BCUT2D eigenvalue weighted by atomic mass is 127. The minimum atomic E-state index is 0. The van der Waals surface area contributed by atoms with Gasteiger partial charge in [0, 0.05) is 24.9 Å². The third-order valence-electron chi connectivity index (χ3n) is 3.22. The van der Waals surface area contributed by atoms with E-state index >= 15 is 0 Å². The molecular weight excluding hydrogens is 419 g/mol. The smallest absolute Gasteiger partial charge is 0.191 e. The van der Waals surface area contributed by atoms with E-state index in [2.05, 4.69) is 64.1 Å². The van der Waals surface area contributed by atoms with E-state index in [0.717, 1.165) is 36.2 Å². The maximum absolute atomic E-state index is 4.63. The Morgan fingerprint density at radius 1 is 1.17 bits per heavy atom. The number of aromatic nitrogens is 1. The second-order valence-corrected chi connectivity index (χ2v) is 6.28. The molecule has 0 fully saturated rings. The fraction of sp³-hybridized carbons (Fsp3) is 0.412. The van der Waals surface area contributed by atoms with Crippen LogP contribution in [-0.2, 0) is 13.0 Å². The molecule has 0 atom stereocenters. The Morgan fingerprint density at radius 3 is 2.52 bits per heavy atom. The van der Waals surface area contributed by atoms with Gasteiger partial charge in [-0.05, 0) is 26.3 Å². The summed E-state index contributed by atoms with van der Waals surface area (Å²) in [4.78, 5) is 9.10. The van der Waals surface area contributed by atoms with Crippen molar-refractivity contribution in [1.82, 2.24) is 15.6 Å². The first kappa shape index (κ1) is 19.9. The fourth-order valence-electron chi connectivity index (χ4n) is 2.04. The lowest BCUT2D eigenvalue weighted by molar-refractivity contribution is 0.790. The van der Waals surface area contributed by atoms with Crippen LogP contribution in [0.15, 0.2) is 34.6 Å². The normalized spacial score (nSPS) is 11.0. The van der Waals surface area contributed by atoms with Crippen LogP contribution in [0, 0.1) is 13.8 Å². The lowest BCUT2D eigenvalue weighted by Gasteiger charge is -2.10. The molecule has 0 bridgehead atoms. The predicted octanol–water partition coefficient (Wildman–Crippen LogP) is 3.68. The van der Waals surface area contributed by atoms with Crippen LogP contribution < -0.4 is 10.6 Å². The van der Waals surface area contributed by atoms with Crippen LogP contribution in [-0.4, -0.2) is 24.0 Å². The van der Waals surface area contributed by atoms with Gasteiger partial charge in [0.1, 0.15) is 0 Å². The van der Waals surface area contributed by atoms with E-state index in [1.165, 1.54) is 11.1 Å². The van der Waals surface area contributed by atoms with E-state index in [0.29, 0.717) is 6.54 Å². The van der Waals surface area contributed by atoms with Crippen molar-refractivity contribution in [2.24, 2.45) is 4.99 Å².